The van der Waals surface area contributed by atoms with Gasteiger partial charge >= 0.3 is 0 Å². The monoisotopic (exact) mass is 345 g/mol. The van der Waals surface area contributed by atoms with Gasteiger partial charge in [0.05, 0.1) is 25.7 Å². The lowest BCUT2D eigenvalue weighted by atomic mass is 9.97. The number of carbonyl (C=O) groups excluding carboxylic acids is 1. The van der Waals surface area contributed by atoms with Gasteiger partial charge in [0.15, 0.2) is 6.29 Å². The molecule has 6 nitrogen and oxygen atoms in total. The number of amides is 1. The Morgan fingerprint density at radius 2 is 1.96 bits per heavy atom. The third-order valence-electron chi connectivity index (χ3n) is 4.74. The first-order chi connectivity index (χ1) is 12.2. The summed E-state index contributed by atoms with van der Waals surface area (Å²) in [4.78, 5) is 18.9. The molecular formula is C18H20FN3O3. The van der Waals surface area contributed by atoms with Crippen molar-refractivity contribution >= 4 is 5.91 Å². The van der Waals surface area contributed by atoms with Crippen LogP contribution in [0.4, 0.5) is 4.39 Å². The Labute approximate surface area is 145 Å². The first kappa shape index (κ1) is 16.2. The molecule has 2 saturated heterocycles. The van der Waals surface area contributed by atoms with Crippen molar-refractivity contribution in [2.24, 2.45) is 5.92 Å². The topological polar surface area (TPSA) is 56.6 Å². The van der Waals surface area contributed by atoms with E-state index in [0.717, 1.165) is 12.8 Å². The Morgan fingerprint density at radius 3 is 2.72 bits per heavy atom. The second kappa shape index (κ2) is 6.93. The Bertz CT molecular complexity index is 740. The molecule has 132 valence electrons. The molecule has 1 aromatic heterocycles. The maximum Gasteiger partial charge on any atom is 0.272 e. The highest BCUT2D eigenvalue weighted by Crippen LogP contribution is 2.26. The maximum absolute atomic E-state index is 13.1. The van der Waals surface area contributed by atoms with E-state index in [9.17, 15) is 9.18 Å². The van der Waals surface area contributed by atoms with Gasteiger partial charge in [-0.25, -0.2) is 9.37 Å². The van der Waals surface area contributed by atoms with Crippen LogP contribution >= 0.6 is 0 Å². The van der Waals surface area contributed by atoms with Crippen LogP contribution in [0, 0.1) is 11.7 Å². The second-order valence-electron chi connectivity index (χ2n) is 6.39. The summed E-state index contributed by atoms with van der Waals surface area (Å²) in [5.74, 6) is -0.195. The molecule has 1 amide bonds. The zero-order valence-corrected chi connectivity index (χ0v) is 13.8. The summed E-state index contributed by atoms with van der Waals surface area (Å²) >= 11 is 0. The molecule has 1 aromatic carbocycles. The van der Waals surface area contributed by atoms with Gasteiger partial charge in [0.1, 0.15) is 11.5 Å². The van der Waals surface area contributed by atoms with Crippen molar-refractivity contribution < 1.29 is 18.7 Å². The molecule has 1 atom stereocenters. The summed E-state index contributed by atoms with van der Waals surface area (Å²) in [5.41, 5.74) is 1.18. The van der Waals surface area contributed by atoms with Gasteiger partial charge in [0.2, 0.25) is 0 Å². The maximum atomic E-state index is 13.1. The van der Waals surface area contributed by atoms with E-state index in [1.54, 1.807) is 29.2 Å². The number of ether oxygens (including phenoxy) is 2. The van der Waals surface area contributed by atoms with Crippen LogP contribution in [-0.2, 0) is 9.47 Å². The molecule has 25 heavy (non-hydrogen) atoms. The van der Waals surface area contributed by atoms with Crippen LogP contribution in [0.5, 0.6) is 0 Å². The summed E-state index contributed by atoms with van der Waals surface area (Å²) < 4.78 is 26.0. The lowest BCUT2D eigenvalue weighted by Gasteiger charge is -2.34. The minimum Gasteiger partial charge on any atom is -0.350 e. The van der Waals surface area contributed by atoms with E-state index >= 15 is 0 Å². The molecule has 3 heterocycles. The molecule has 2 fully saturated rings. The summed E-state index contributed by atoms with van der Waals surface area (Å²) in [6, 6.07) is 6.00. The Balaban J connectivity index is 1.53. The van der Waals surface area contributed by atoms with E-state index in [1.807, 2.05) is 4.90 Å². The highest BCUT2D eigenvalue weighted by Gasteiger charge is 2.33. The molecule has 0 bridgehead atoms. The molecule has 0 radical (unpaired) electrons. The first-order valence-electron chi connectivity index (χ1n) is 8.53. The average molecular weight is 345 g/mol. The molecule has 0 saturated carbocycles. The summed E-state index contributed by atoms with van der Waals surface area (Å²) in [7, 11) is 0. The minimum atomic E-state index is -0.313. The van der Waals surface area contributed by atoms with Crippen LogP contribution in [0.25, 0.3) is 5.69 Å². The third-order valence-corrected chi connectivity index (χ3v) is 4.74. The number of benzene rings is 1. The van der Waals surface area contributed by atoms with E-state index in [1.165, 1.54) is 12.1 Å². The van der Waals surface area contributed by atoms with Gasteiger partial charge in [-0.3, -0.25) is 9.36 Å². The fourth-order valence-corrected chi connectivity index (χ4v) is 3.49. The van der Waals surface area contributed by atoms with E-state index < -0.39 is 0 Å². The standard InChI is InChI=1S/C18H20FN3O3/c19-14-3-5-15(6-4-14)22-12-20-10-16(22)17(23)21-7-1-2-13(11-21)18-24-8-9-25-18/h3-6,10,12-13,18H,1-2,7-9,11H2. The van der Waals surface area contributed by atoms with Crippen molar-refractivity contribution in [3.8, 4) is 5.69 Å². The Morgan fingerprint density at radius 1 is 1.20 bits per heavy atom. The van der Waals surface area contributed by atoms with Crippen LogP contribution < -0.4 is 0 Å². The Kier molecular flexibility index (Phi) is 4.50. The molecule has 7 heteroatoms. The quantitative estimate of drug-likeness (QED) is 0.856. The fourth-order valence-electron chi connectivity index (χ4n) is 3.49. The number of imidazole rings is 1. The SMILES string of the molecule is O=C(c1cncn1-c1ccc(F)cc1)N1CCCC(C2OCCO2)C1. The number of rotatable bonds is 3. The fraction of sp³-hybridized carbons (Fsp3) is 0.444. The predicted molar refractivity (Wildman–Crippen MR) is 87.8 cm³/mol. The zero-order valence-electron chi connectivity index (χ0n) is 13.8. The van der Waals surface area contributed by atoms with Gasteiger partial charge in [0, 0.05) is 24.7 Å². The summed E-state index contributed by atoms with van der Waals surface area (Å²) in [6.07, 6.45) is 4.83. The van der Waals surface area contributed by atoms with Gasteiger partial charge < -0.3 is 14.4 Å². The van der Waals surface area contributed by atoms with Crippen LogP contribution in [0.2, 0.25) is 0 Å². The van der Waals surface area contributed by atoms with Gasteiger partial charge in [0.25, 0.3) is 5.91 Å². The molecule has 2 aromatic rings. The van der Waals surface area contributed by atoms with Crippen molar-refractivity contribution in [3.05, 3.63) is 48.3 Å². The average Bonchev–Trinajstić information content (AvgIpc) is 3.34. The summed E-state index contributed by atoms with van der Waals surface area (Å²) in [6.45, 7) is 2.55. The van der Waals surface area contributed by atoms with Gasteiger partial charge in [-0.1, -0.05) is 0 Å². The van der Waals surface area contributed by atoms with E-state index in [-0.39, 0.29) is 23.9 Å². The van der Waals surface area contributed by atoms with E-state index in [0.29, 0.717) is 37.7 Å². The van der Waals surface area contributed by atoms with Crippen molar-refractivity contribution in [1.82, 2.24) is 14.5 Å². The highest BCUT2D eigenvalue weighted by molar-refractivity contribution is 5.93. The minimum absolute atomic E-state index is 0.0791. The number of carbonyl (C=O) groups is 1. The van der Waals surface area contributed by atoms with Crippen molar-refractivity contribution in [3.63, 3.8) is 0 Å². The lowest BCUT2D eigenvalue weighted by Crippen LogP contribution is -2.44. The molecule has 0 spiro atoms. The van der Waals surface area contributed by atoms with Crippen LogP contribution in [0.15, 0.2) is 36.8 Å². The second-order valence-corrected chi connectivity index (χ2v) is 6.39. The van der Waals surface area contributed by atoms with Crippen molar-refractivity contribution in [1.29, 1.82) is 0 Å². The van der Waals surface area contributed by atoms with E-state index in [2.05, 4.69) is 4.98 Å². The number of nitrogens with zero attached hydrogens (tertiary/aromatic N) is 3. The first-order valence-corrected chi connectivity index (χ1v) is 8.53. The Hall–Kier alpha value is -2.25. The molecule has 4 rings (SSSR count). The third kappa shape index (κ3) is 3.29. The number of halogens is 1. The number of hydrogen-bond donors (Lipinski definition) is 0. The van der Waals surface area contributed by atoms with Crippen molar-refractivity contribution in [2.75, 3.05) is 26.3 Å². The molecule has 2 aliphatic rings. The molecule has 2 aliphatic heterocycles. The molecular weight excluding hydrogens is 325 g/mol. The normalized spacial score (nSPS) is 21.6. The van der Waals surface area contributed by atoms with E-state index in [4.69, 9.17) is 9.47 Å². The lowest BCUT2D eigenvalue weighted by molar-refractivity contribution is -0.0969. The van der Waals surface area contributed by atoms with Crippen LogP contribution in [0.3, 0.4) is 0 Å². The number of aromatic nitrogens is 2. The van der Waals surface area contributed by atoms with Crippen LogP contribution in [0.1, 0.15) is 23.3 Å². The molecule has 1 unspecified atom stereocenters. The van der Waals surface area contributed by atoms with Gasteiger partial charge in [-0.15, -0.1) is 0 Å². The molecule has 0 N–H and O–H groups in total. The number of hydrogen-bond acceptors (Lipinski definition) is 4. The van der Waals surface area contributed by atoms with Gasteiger partial charge in [-0.05, 0) is 37.1 Å². The number of piperidine rings is 1. The highest BCUT2D eigenvalue weighted by atomic mass is 19.1. The predicted octanol–water partition coefficient (Wildman–Crippen LogP) is 2.24. The molecule has 0 aliphatic carbocycles. The zero-order chi connectivity index (χ0) is 17.2. The number of likely N-dealkylation sites (tertiary alicyclic amines) is 1. The summed E-state index contributed by atoms with van der Waals surface area (Å²) in [5, 5.41) is 0. The van der Waals surface area contributed by atoms with Gasteiger partial charge in [-0.2, -0.15) is 0 Å². The van der Waals surface area contributed by atoms with Crippen molar-refractivity contribution in [2.45, 2.75) is 19.1 Å². The smallest absolute Gasteiger partial charge is 0.272 e. The largest absolute Gasteiger partial charge is 0.350 e. The van der Waals surface area contributed by atoms with Crippen LogP contribution in [-0.4, -0.2) is 53.0 Å².